The summed E-state index contributed by atoms with van der Waals surface area (Å²) in [7, 11) is 0. The third-order valence-electron chi connectivity index (χ3n) is 5.58. The van der Waals surface area contributed by atoms with E-state index < -0.39 is 0 Å². The molecule has 0 aliphatic carbocycles. The van der Waals surface area contributed by atoms with Crippen LogP contribution in [0.15, 0.2) is 73.2 Å². The van der Waals surface area contributed by atoms with Crippen LogP contribution in [0.1, 0.15) is 35.3 Å². The Balaban J connectivity index is 1.27. The molecule has 1 aliphatic heterocycles. The van der Waals surface area contributed by atoms with Gasteiger partial charge in [0.05, 0.1) is 11.3 Å². The number of hydrogen-bond acceptors (Lipinski definition) is 5. The number of amides is 1. The SMILES string of the molecule is O=C(Nc1cccc(OCc2cn3ccccc3n2)c1)c1cccnc1N1CCCCC1. The number of piperidine rings is 1. The molecule has 0 saturated carbocycles. The minimum atomic E-state index is -0.170. The number of imidazole rings is 1. The van der Waals surface area contributed by atoms with Crippen molar-refractivity contribution in [3.05, 3.63) is 84.4 Å². The van der Waals surface area contributed by atoms with Gasteiger partial charge in [-0.2, -0.15) is 0 Å². The monoisotopic (exact) mass is 427 g/mol. The maximum absolute atomic E-state index is 13.0. The second-order valence-electron chi connectivity index (χ2n) is 7.89. The number of benzene rings is 1. The fourth-order valence-corrected chi connectivity index (χ4v) is 4.01. The van der Waals surface area contributed by atoms with E-state index in [4.69, 9.17) is 4.74 Å². The number of hydrogen-bond donors (Lipinski definition) is 1. The van der Waals surface area contributed by atoms with Crippen LogP contribution in [0.3, 0.4) is 0 Å². The van der Waals surface area contributed by atoms with Gasteiger partial charge in [-0.15, -0.1) is 0 Å². The number of carbonyl (C=O) groups excluding carboxylic acids is 1. The number of nitrogens with zero attached hydrogens (tertiary/aromatic N) is 4. The Morgan fingerprint density at radius 1 is 1.03 bits per heavy atom. The normalized spacial score (nSPS) is 13.8. The van der Waals surface area contributed by atoms with Crippen molar-refractivity contribution in [1.82, 2.24) is 14.4 Å². The Labute approximate surface area is 186 Å². The lowest BCUT2D eigenvalue weighted by molar-refractivity contribution is 0.102. The molecule has 1 aliphatic rings. The topological polar surface area (TPSA) is 71.8 Å². The summed E-state index contributed by atoms with van der Waals surface area (Å²) < 4.78 is 7.88. The molecular weight excluding hydrogens is 402 g/mol. The summed E-state index contributed by atoms with van der Waals surface area (Å²) in [4.78, 5) is 24.3. The van der Waals surface area contributed by atoms with E-state index in [1.54, 1.807) is 12.3 Å². The predicted octanol–water partition coefficient (Wildman–Crippen LogP) is 4.55. The fourth-order valence-electron chi connectivity index (χ4n) is 4.01. The van der Waals surface area contributed by atoms with Gasteiger partial charge in [0.1, 0.15) is 23.8 Å². The number of nitrogens with one attached hydrogen (secondary N) is 1. The number of rotatable bonds is 6. The molecule has 7 nitrogen and oxygen atoms in total. The van der Waals surface area contributed by atoms with Gasteiger partial charge in [0.15, 0.2) is 0 Å². The lowest BCUT2D eigenvalue weighted by Crippen LogP contribution is -2.32. The zero-order valence-corrected chi connectivity index (χ0v) is 17.8. The van der Waals surface area contributed by atoms with Crippen LogP contribution >= 0.6 is 0 Å². The fraction of sp³-hybridized carbons (Fsp3) is 0.240. The summed E-state index contributed by atoms with van der Waals surface area (Å²) in [6, 6.07) is 16.9. The second-order valence-corrected chi connectivity index (χ2v) is 7.89. The highest BCUT2D eigenvalue weighted by Gasteiger charge is 2.19. The minimum Gasteiger partial charge on any atom is -0.487 e. The van der Waals surface area contributed by atoms with Crippen LogP contribution in [0.5, 0.6) is 5.75 Å². The van der Waals surface area contributed by atoms with Crippen molar-refractivity contribution in [1.29, 1.82) is 0 Å². The third kappa shape index (κ3) is 4.42. The molecule has 1 N–H and O–H groups in total. The van der Waals surface area contributed by atoms with Gasteiger partial charge in [-0.3, -0.25) is 4.79 Å². The number of carbonyl (C=O) groups is 1. The number of fused-ring (bicyclic) bond motifs is 1. The van der Waals surface area contributed by atoms with Crippen molar-refractivity contribution >= 4 is 23.1 Å². The van der Waals surface area contributed by atoms with E-state index in [0.29, 0.717) is 23.6 Å². The molecule has 5 rings (SSSR count). The highest BCUT2D eigenvalue weighted by Crippen LogP contribution is 2.24. The molecule has 1 saturated heterocycles. The number of ether oxygens (including phenoxy) is 1. The van der Waals surface area contributed by atoms with E-state index in [-0.39, 0.29) is 5.91 Å². The van der Waals surface area contributed by atoms with Crippen molar-refractivity contribution in [2.24, 2.45) is 0 Å². The first-order chi connectivity index (χ1) is 15.8. The van der Waals surface area contributed by atoms with Gasteiger partial charge in [0.2, 0.25) is 0 Å². The summed E-state index contributed by atoms with van der Waals surface area (Å²) in [5.74, 6) is 1.25. The molecule has 162 valence electrons. The molecule has 32 heavy (non-hydrogen) atoms. The summed E-state index contributed by atoms with van der Waals surface area (Å²) in [5.41, 5.74) is 2.99. The van der Waals surface area contributed by atoms with Crippen LogP contribution in [0.2, 0.25) is 0 Å². The van der Waals surface area contributed by atoms with Crippen LogP contribution in [0.25, 0.3) is 5.65 Å². The Hall–Kier alpha value is -3.87. The molecule has 0 spiro atoms. The maximum atomic E-state index is 13.0. The standard InChI is InChI=1S/C25H25N5O2/c31-25(22-10-7-12-26-24(22)29-13-3-1-4-14-29)28-19-8-6-9-21(16-19)32-18-20-17-30-15-5-2-11-23(30)27-20/h2,5-12,15-17H,1,3-4,13-14,18H2,(H,28,31). The molecule has 0 atom stereocenters. The quantitative estimate of drug-likeness (QED) is 0.489. The molecule has 4 heterocycles. The van der Waals surface area contributed by atoms with Crippen molar-refractivity contribution < 1.29 is 9.53 Å². The van der Waals surface area contributed by atoms with E-state index in [0.717, 1.165) is 43.1 Å². The molecule has 0 radical (unpaired) electrons. The highest BCUT2D eigenvalue weighted by atomic mass is 16.5. The van der Waals surface area contributed by atoms with E-state index in [2.05, 4.69) is 20.2 Å². The van der Waals surface area contributed by atoms with E-state index in [1.807, 2.05) is 65.3 Å². The van der Waals surface area contributed by atoms with Crippen molar-refractivity contribution in [3.8, 4) is 5.75 Å². The van der Waals surface area contributed by atoms with Gasteiger partial charge >= 0.3 is 0 Å². The van der Waals surface area contributed by atoms with Crippen LogP contribution in [0, 0.1) is 0 Å². The van der Waals surface area contributed by atoms with Gasteiger partial charge in [-0.05, 0) is 55.7 Å². The zero-order valence-electron chi connectivity index (χ0n) is 17.8. The number of anilines is 2. The predicted molar refractivity (Wildman–Crippen MR) is 124 cm³/mol. The molecule has 1 aromatic carbocycles. The highest BCUT2D eigenvalue weighted by molar-refractivity contribution is 6.07. The van der Waals surface area contributed by atoms with Gasteiger partial charge in [0, 0.05) is 43.4 Å². The first-order valence-electron chi connectivity index (χ1n) is 10.9. The van der Waals surface area contributed by atoms with Crippen LogP contribution in [-0.2, 0) is 6.61 Å². The second kappa shape index (κ2) is 9.09. The smallest absolute Gasteiger partial charge is 0.259 e. The molecule has 0 unspecified atom stereocenters. The van der Waals surface area contributed by atoms with Gasteiger partial charge in [0.25, 0.3) is 5.91 Å². The summed E-state index contributed by atoms with van der Waals surface area (Å²) in [6.45, 7) is 2.22. The minimum absolute atomic E-state index is 0.170. The average molecular weight is 428 g/mol. The molecule has 1 amide bonds. The van der Waals surface area contributed by atoms with Crippen LogP contribution < -0.4 is 15.0 Å². The molecule has 4 aromatic rings. The molecular formula is C25H25N5O2. The summed E-state index contributed by atoms with van der Waals surface area (Å²) in [6.07, 6.45) is 9.14. The molecule has 3 aromatic heterocycles. The Morgan fingerprint density at radius 2 is 1.94 bits per heavy atom. The lowest BCUT2D eigenvalue weighted by Gasteiger charge is -2.29. The summed E-state index contributed by atoms with van der Waals surface area (Å²) in [5, 5.41) is 2.99. The molecule has 1 fully saturated rings. The van der Waals surface area contributed by atoms with E-state index in [9.17, 15) is 4.79 Å². The maximum Gasteiger partial charge on any atom is 0.259 e. The van der Waals surface area contributed by atoms with Crippen molar-refractivity contribution in [2.75, 3.05) is 23.3 Å². The first-order valence-corrected chi connectivity index (χ1v) is 10.9. The van der Waals surface area contributed by atoms with E-state index >= 15 is 0 Å². The van der Waals surface area contributed by atoms with Gasteiger partial charge in [-0.1, -0.05) is 12.1 Å². The Bertz CT molecular complexity index is 1200. The zero-order chi connectivity index (χ0) is 21.8. The molecule has 0 bridgehead atoms. The largest absolute Gasteiger partial charge is 0.487 e. The summed E-state index contributed by atoms with van der Waals surface area (Å²) >= 11 is 0. The van der Waals surface area contributed by atoms with Crippen molar-refractivity contribution in [2.45, 2.75) is 25.9 Å². The van der Waals surface area contributed by atoms with Gasteiger partial charge < -0.3 is 19.4 Å². The average Bonchev–Trinajstić information content (AvgIpc) is 3.27. The Morgan fingerprint density at radius 3 is 2.81 bits per heavy atom. The van der Waals surface area contributed by atoms with Crippen molar-refractivity contribution in [3.63, 3.8) is 0 Å². The first kappa shape index (κ1) is 20.1. The Kier molecular flexibility index (Phi) is 5.70. The van der Waals surface area contributed by atoms with Crippen LogP contribution in [-0.4, -0.2) is 33.4 Å². The third-order valence-corrected chi connectivity index (χ3v) is 5.58. The van der Waals surface area contributed by atoms with Gasteiger partial charge in [-0.25, -0.2) is 9.97 Å². The number of aromatic nitrogens is 3. The number of pyridine rings is 2. The molecule has 7 heteroatoms. The lowest BCUT2D eigenvalue weighted by atomic mass is 10.1. The van der Waals surface area contributed by atoms with E-state index in [1.165, 1.54) is 6.42 Å². The van der Waals surface area contributed by atoms with Crippen LogP contribution in [0.4, 0.5) is 11.5 Å².